The Kier molecular flexibility index (Phi) is 4.90. The summed E-state index contributed by atoms with van der Waals surface area (Å²) in [5.41, 5.74) is 5.52. The molecule has 0 spiro atoms. The van der Waals surface area contributed by atoms with E-state index in [-0.39, 0.29) is 6.61 Å². The zero-order valence-corrected chi connectivity index (χ0v) is 11.9. The molecule has 0 saturated carbocycles. The molecule has 2 aromatic carbocycles. The van der Waals surface area contributed by atoms with Crippen molar-refractivity contribution in [3.05, 3.63) is 65.2 Å². The second kappa shape index (κ2) is 6.70. The second-order valence-electron chi connectivity index (χ2n) is 4.87. The molecule has 4 nitrogen and oxygen atoms in total. The van der Waals surface area contributed by atoms with Crippen molar-refractivity contribution in [2.24, 2.45) is 5.73 Å². The van der Waals surface area contributed by atoms with Crippen molar-refractivity contribution in [3.8, 4) is 5.75 Å². The maximum atomic E-state index is 12.6. The van der Waals surface area contributed by atoms with Crippen LogP contribution in [-0.4, -0.2) is 11.1 Å². The molecule has 3 N–H and O–H groups in total. The molecule has 0 saturated heterocycles. The molecule has 0 aliphatic carbocycles. The molecular weight excluding hydrogens is 311 g/mol. The van der Waals surface area contributed by atoms with Crippen LogP contribution in [0.25, 0.3) is 0 Å². The second-order valence-corrected chi connectivity index (χ2v) is 4.87. The third kappa shape index (κ3) is 4.46. The lowest BCUT2D eigenvalue weighted by molar-refractivity contribution is -0.139. The SMILES string of the molecule is N[C@H](C(=O)O)c1ccc(OCc2cccc(C(F)(F)F)c2)cc1. The van der Waals surface area contributed by atoms with E-state index in [1.807, 2.05) is 0 Å². The molecule has 2 rings (SSSR count). The van der Waals surface area contributed by atoms with E-state index in [0.717, 1.165) is 12.1 Å². The summed E-state index contributed by atoms with van der Waals surface area (Å²) >= 11 is 0. The maximum absolute atomic E-state index is 12.6. The summed E-state index contributed by atoms with van der Waals surface area (Å²) in [6.07, 6.45) is -4.40. The summed E-state index contributed by atoms with van der Waals surface area (Å²) in [7, 11) is 0. The van der Waals surface area contributed by atoms with Gasteiger partial charge in [-0.15, -0.1) is 0 Å². The number of nitrogens with two attached hydrogens (primary N) is 1. The first-order valence-corrected chi connectivity index (χ1v) is 6.64. The van der Waals surface area contributed by atoms with E-state index in [2.05, 4.69) is 0 Å². The normalized spacial score (nSPS) is 12.7. The number of hydrogen-bond donors (Lipinski definition) is 2. The predicted octanol–water partition coefficient (Wildman–Crippen LogP) is 3.37. The van der Waals surface area contributed by atoms with Gasteiger partial charge >= 0.3 is 12.1 Å². The quantitative estimate of drug-likeness (QED) is 0.884. The molecule has 1 atom stereocenters. The van der Waals surface area contributed by atoms with Crippen molar-refractivity contribution < 1.29 is 27.8 Å². The average Bonchev–Trinajstić information content (AvgIpc) is 2.52. The minimum absolute atomic E-state index is 0.0335. The highest BCUT2D eigenvalue weighted by Crippen LogP contribution is 2.29. The first kappa shape index (κ1) is 16.8. The molecule has 0 fully saturated rings. The lowest BCUT2D eigenvalue weighted by atomic mass is 10.1. The lowest BCUT2D eigenvalue weighted by Gasteiger charge is -2.11. The van der Waals surface area contributed by atoms with Crippen LogP contribution in [0.15, 0.2) is 48.5 Å². The third-order valence-electron chi connectivity index (χ3n) is 3.17. The van der Waals surface area contributed by atoms with Gasteiger partial charge in [-0.3, -0.25) is 4.79 Å². The first-order valence-electron chi connectivity index (χ1n) is 6.64. The summed E-state index contributed by atoms with van der Waals surface area (Å²) in [6, 6.07) is 9.77. The van der Waals surface area contributed by atoms with Crippen molar-refractivity contribution in [3.63, 3.8) is 0 Å². The number of aliphatic carboxylic acids is 1. The predicted molar refractivity (Wildman–Crippen MR) is 76.8 cm³/mol. The number of carboxylic acid groups (broad SMARTS) is 1. The van der Waals surface area contributed by atoms with Crippen molar-refractivity contribution in [2.45, 2.75) is 18.8 Å². The molecular formula is C16H14F3NO3. The van der Waals surface area contributed by atoms with Gasteiger partial charge in [0.05, 0.1) is 5.56 Å². The molecule has 0 radical (unpaired) electrons. The molecule has 0 bridgehead atoms. The Balaban J connectivity index is 2.03. The largest absolute Gasteiger partial charge is 0.489 e. The number of carbonyl (C=O) groups is 1. The molecule has 2 aromatic rings. The van der Waals surface area contributed by atoms with Gasteiger partial charge < -0.3 is 15.6 Å². The number of halogens is 3. The van der Waals surface area contributed by atoms with Crippen LogP contribution in [0.2, 0.25) is 0 Å². The zero-order valence-electron chi connectivity index (χ0n) is 11.9. The van der Waals surface area contributed by atoms with Gasteiger partial charge in [0, 0.05) is 0 Å². The molecule has 0 aliphatic rings. The highest BCUT2D eigenvalue weighted by molar-refractivity contribution is 5.75. The van der Waals surface area contributed by atoms with Gasteiger partial charge in [0.1, 0.15) is 18.4 Å². The fourth-order valence-electron chi connectivity index (χ4n) is 1.92. The van der Waals surface area contributed by atoms with Gasteiger partial charge in [-0.05, 0) is 35.4 Å². The van der Waals surface area contributed by atoms with Gasteiger partial charge in [0.25, 0.3) is 0 Å². The van der Waals surface area contributed by atoms with Crippen LogP contribution in [0.4, 0.5) is 13.2 Å². The van der Waals surface area contributed by atoms with Crippen molar-refractivity contribution in [1.82, 2.24) is 0 Å². The first-order chi connectivity index (χ1) is 10.8. The fraction of sp³-hybridized carbons (Fsp3) is 0.188. The number of alkyl halides is 3. The smallest absolute Gasteiger partial charge is 0.416 e. The fourth-order valence-corrected chi connectivity index (χ4v) is 1.92. The Morgan fingerprint density at radius 1 is 1.17 bits per heavy atom. The molecule has 0 heterocycles. The highest BCUT2D eigenvalue weighted by atomic mass is 19.4. The van der Waals surface area contributed by atoms with Crippen LogP contribution >= 0.6 is 0 Å². The van der Waals surface area contributed by atoms with E-state index < -0.39 is 23.8 Å². The molecule has 0 amide bonds. The van der Waals surface area contributed by atoms with Crippen LogP contribution in [-0.2, 0) is 17.6 Å². The number of carboxylic acids is 1. The van der Waals surface area contributed by atoms with Gasteiger partial charge in [0.15, 0.2) is 0 Å². The third-order valence-corrected chi connectivity index (χ3v) is 3.17. The molecule has 0 aromatic heterocycles. The Hall–Kier alpha value is -2.54. The topological polar surface area (TPSA) is 72.6 Å². The van der Waals surface area contributed by atoms with E-state index in [9.17, 15) is 18.0 Å². The Bertz CT molecular complexity index is 684. The van der Waals surface area contributed by atoms with Crippen LogP contribution < -0.4 is 10.5 Å². The van der Waals surface area contributed by atoms with Crippen molar-refractivity contribution in [2.75, 3.05) is 0 Å². The van der Waals surface area contributed by atoms with Gasteiger partial charge in [-0.2, -0.15) is 13.2 Å². The van der Waals surface area contributed by atoms with Crippen LogP contribution in [0.5, 0.6) is 5.75 Å². The summed E-state index contributed by atoms with van der Waals surface area (Å²) < 4.78 is 43.2. The summed E-state index contributed by atoms with van der Waals surface area (Å²) in [5, 5.41) is 8.80. The number of hydrogen-bond acceptors (Lipinski definition) is 3. The summed E-state index contributed by atoms with van der Waals surface area (Å²) in [5.74, 6) is -0.744. The number of benzene rings is 2. The van der Waals surface area contributed by atoms with Crippen LogP contribution in [0.3, 0.4) is 0 Å². The number of rotatable bonds is 5. The van der Waals surface area contributed by atoms with E-state index in [1.54, 1.807) is 0 Å². The average molecular weight is 325 g/mol. The van der Waals surface area contributed by atoms with Gasteiger partial charge in [-0.25, -0.2) is 0 Å². The Labute approximate surface area is 130 Å². The molecule has 0 unspecified atom stereocenters. The van der Waals surface area contributed by atoms with E-state index in [0.29, 0.717) is 16.9 Å². The number of ether oxygens (including phenoxy) is 1. The van der Waals surface area contributed by atoms with E-state index >= 15 is 0 Å². The van der Waals surface area contributed by atoms with E-state index in [1.165, 1.54) is 36.4 Å². The Morgan fingerprint density at radius 3 is 2.39 bits per heavy atom. The zero-order chi connectivity index (χ0) is 17.0. The molecule has 0 aliphatic heterocycles. The van der Waals surface area contributed by atoms with E-state index in [4.69, 9.17) is 15.6 Å². The van der Waals surface area contributed by atoms with Gasteiger partial charge in [-0.1, -0.05) is 24.3 Å². The van der Waals surface area contributed by atoms with Crippen LogP contribution in [0.1, 0.15) is 22.7 Å². The highest BCUT2D eigenvalue weighted by Gasteiger charge is 2.30. The minimum Gasteiger partial charge on any atom is -0.489 e. The van der Waals surface area contributed by atoms with Gasteiger partial charge in [0.2, 0.25) is 0 Å². The van der Waals surface area contributed by atoms with Crippen molar-refractivity contribution in [1.29, 1.82) is 0 Å². The standard InChI is InChI=1S/C16H14F3NO3/c17-16(18,19)12-3-1-2-10(8-12)9-23-13-6-4-11(5-7-13)14(20)15(21)22/h1-8,14H,9,20H2,(H,21,22)/t14-/m0/s1. The monoisotopic (exact) mass is 325 g/mol. The molecule has 23 heavy (non-hydrogen) atoms. The summed E-state index contributed by atoms with van der Waals surface area (Å²) in [4.78, 5) is 10.8. The molecule has 7 heteroatoms. The minimum atomic E-state index is -4.40. The lowest BCUT2D eigenvalue weighted by Crippen LogP contribution is -2.20. The molecule has 122 valence electrons. The maximum Gasteiger partial charge on any atom is 0.416 e. The summed E-state index contributed by atoms with van der Waals surface area (Å²) in [6.45, 7) is -0.0335. The van der Waals surface area contributed by atoms with Crippen molar-refractivity contribution >= 4 is 5.97 Å². The van der Waals surface area contributed by atoms with Crippen LogP contribution in [0, 0.1) is 0 Å². The Morgan fingerprint density at radius 2 is 1.83 bits per heavy atom.